The molecule has 1 fully saturated rings. The number of imidazole rings is 1. The lowest BCUT2D eigenvalue weighted by Crippen LogP contribution is -2.37. The Balaban J connectivity index is 0.00000240. The minimum atomic E-state index is -0.703. The van der Waals surface area contributed by atoms with Crippen LogP contribution in [0.3, 0.4) is 0 Å². The molecule has 0 N–H and O–H groups in total. The Hall–Kier alpha value is -2.05. The number of hydrogen-bond donors (Lipinski definition) is 0. The Morgan fingerprint density at radius 3 is 2.66 bits per heavy atom. The van der Waals surface area contributed by atoms with E-state index in [9.17, 15) is 0 Å². The highest BCUT2D eigenvalue weighted by Crippen LogP contribution is 2.31. The van der Waals surface area contributed by atoms with Gasteiger partial charge in [-0.05, 0) is 36.2 Å². The second-order valence-electron chi connectivity index (χ2n) is 6.95. The summed E-state index contributed by atoms with van der Waals surface area (Å²) < 4.78 is 20.4. The Bertz CT molecular complexity index is 860. The number of benzene rings is 2. The van der Waals surface area contributed by atoms with E-state index in [-0.39, 0.29) is 18.5 Å². The molecule has 4 rings (SSSR count). The van der Waals surface area contributed by atoms with Crippen LogP contribution in [0.5, 0.6) is 5.75 Å². The number of halogens is 2. The molecule has 1 aliphatic rings. The van der Waals surface area contributed by atoms with Gasteiger partial charge in [0.15, 0.2) is 5.79 Å². The molecule has 1 aromatic heterocycles. The first-order chi connectivity index (χ1) is 13.7. The van der Waals surface area contributed by atoms with Crippen molar-refractivity contribution in [3.05, 3.63) is 83.9 Å². The number of nitrogens with zero attached hydrogens (tertiary/aromatic N) is 2. The van der Waals surface area contributed by atoms with Crippen LogP contribution in [-0.4, -0.2) is 34.7 Å². The van der Waals surface area contributed by atoms with Crippen LogP contribution < -0.4 is 4.74 Å². The third-order valence-corrected chi connectivity index (χ3v) is 5.04. The highest BCUT2D eigenvalue weighted by Gasteiger charge is 2.42. The third kappa shape index (κ3) is 5.97. The van der Waals surface area contributed by atoms with Crippen molar-refractivity contribution in [3.8, 4) is 5.75 Å². The minimum Gasteiger partial charge on any atom is -0.491 e. The summed E-state index contributed by atoms with van der Waals surface area (Å²) in [4.78, 5) is 4.13. The molecule has 3 aromatic rings. The topological polar surface area (TPSA) is 45.5 Å². The van der Waals surface area contributed by atoms with Crippen LogP contribution >= 0.6 is 24.0 Å². The summed E-state index contributed by atoms with van der Waals surface area (Å²) in [6.07, 6.45) is 6.91. The van der Waals surface area contributed by atoms with Gasteiger partial charge in [-0.1, -0.05) is 41.9 Å². The molecular weight excluding hydrogens is 411 g/mol. The third-order valence-electron chi connectivity index (χ3n) is 4.78. The van der Waals surface area contributed by atoms with E-state index in [4.69, 9.17) is 25.8 Å². The number of aromatic nitrogens is 2. The highest BCUT2D eigenvalue weighted by molar-refractivity contribution is 6.30. The smallest absolute Gasteiger partial charge is 0.187 e. The van der Waals surface area contributed by atoms with Crippen molar-refractivity contribution in [2.75, 3.05) is 13.2 Å². The lowest BCUT2D eigenvalue weighted by molar-refractivity contribution is -0.184. The van der Waals surface area contributed by atoms with Gasteiger partial charge >= 0.3 is 0 Å². The Labute approximate surface area is 182 Å². The van der Waals surface area contributed by atoms with E-state index in [0.717, 1.165) is 23.6 Å². The molecule has 0 radical (unpaired) electrons. The van der Waals surface area contributed by atoms with Gasteiger partial charge in [0.2, 0.25) is 0 Å². The van der Waals surface area contributed by atoms with Gasteiger partial charge in [0.1, 0.15) is 18.5 Å². The lowest BCUT2D eigenvalue weighted by atomic mass is 10.0. The van der Waals surface area contributed by atoms with Gasteiger partial charge in [-0.2, -0.15) is 0 Å². The van der Waals surface area contributed by atoms with Crippen LogP contribution in [0.15, 0.2) is 73.3 Å². The number of aryl methyl sites for hydroxylation is 1. The van der Waals surface area contributed by atoms with Gasteiger partial charge < -0.3 is 18.8 Å². The van der Waals surface area contributed by atoms with Crippen molar-refractivity contribution >= 4 is 24.0 Å². The number of para-hydroxylation sites is 1. The molecule has 0 unspecified atom stereocenters. The minimum absolute atomic E-state index is 0. The van der Waals surface area contributed by atoms with E-state index in [2.05, 4.69) is 4.98 Å². The second kappa shape index (κ2) is 10.1. The molecule has 5 nitrogen and oxygen atoms in total. The van der Waals surface area contributed by atoms with Crippen LogP contribution in [0.25, 0.3) is 0 Å². The maximum absolute atomic E-state index is 6.37. The first kappa shape index (κ1) is 21.7. The molecule has 29 heavy (non-hydrogen) atoms. The van der Waals surface area contributed by atoms with Crippen molar-refractivity contribution in [3.63, 3.8) is 0 Å². The molecule has 2 aromatic carbocycles. The molecule has 0 aliphatic carbocycles. The van der Waals surface area contributed by atoms with Gasteiger partial charge in [-0.25, -0.2) is 4.98 Å². The molecule has 7 heteroatoms. The maximum Gasteiger partial charge on any atom is 0.187 e. The van der Waals surface area contributed by atoms with Gasteiger partial charge in [-0.15, -0.1) is 12.4 Å². The lowest BCUT2D eigenvalue weighted by Gasteiger charge is -2.28. The molecule has 1 saturated heterocycles. The van der Waals surface area contributed by atoms with E-state index in [1.807, 2.05) is 65.4 Å². The molecule has 2 heterocycles. The van der Waals surface area contributed by atoms with Crippen molar-refractivity contribution < 1.29 is 14.2 Å². The van der Waals surface area contributed by atoms with E-state index in [1.165, 1.54) is 5.56 Å². The average Bonchev–Trinajstić information content (AvgIpc) is 3.38. The summed E-state index contributed by atoms with van der Waals surface area (Å²) in [5, 5.41) is 0.739. The first-order valence-electron chi connectivity index (χ1n) is 9.41. The van der Waals surface area contributed by atoms with Gasteiger partial charge in [-0.3, -0.25) is 0 Å². The Kier molecular flexibility index (Phi) is 7.56. The van der Waals surface area contributed by atoms with Crippen LogP contribution in [0, 0.1) is 0 Å². The number of hydrogen-bond acceptors (Lipinski definition) is 4. The van der Waals surface area contributed by atoms with Crippen LogP contribution in [-0.2, 0) is 22.4 Å². The van der Waals surface area contributed by atoms with Crippen LogP contribution in [0.4, 0.5) is 0 Å². The Morgan fingerprint density at radius 1 is 1.14 bits per heavy atom. The van der Waals surface area contributed by atoms with Gasteiger partial charge in [0.25, 0.3) is 0 Å². The first-order valence-corrected chi connectivity index (χ1v) is 9.78. The van der Waals surface area contributed by atoms with Crippen molar-refractivity contribution in [1.82, 2.24) is 9.55 Å². The van der Waals surface area contributed by atoms with E-state index in [0.29, 0.717) is 19.8 Å². The van der Waals surface area contributed by atoms with E-state index in [1.54, 1.807) is 12.5 Å². The largest absolute Gasteiger partial charge is 0.491 e. The van der Waals surface area contributed by atoms with Crippen molar-refractivity contribution in [2.45, 2.75) is 31.3 Å². The number of ether oxygens (including phenoxy) is 3. The van der Waals surface area contributed by atoms with Crippen molar-refractivity contribution in [1.29, 1.82) is 0 Å². The molecule has 154 valence electrons. The SMILES string of the molecule is Cl.Clc1ccc(CC[C@@]2(Cn3ccnc3)OC[C@H](COc3ccccc3)O2)cc1. The summed E-state index contributed by atoms with van der Waals surface area (Å²) >= 11 is 5.99. The highest BCUT2D eigenvalue weighted by atomic mass is 35.5. The fourth-order valence-electron chi connectivity index (χ4n) is 3.34. The van der Waals surface area contributed by atoms with Gasteiger partial charge in [0.05, 0.1) is 19.5 Å². The van der Waals surface area contributed by atoms with Crippen molar-refractivity contribution in [2.24, 2.45) is 0 Å². The molecular formula is C22H24Cl2N2O3. The Morgan fingerprint density at radius 2 is 1.93 bits per heavy atom. The molecule has 0 bridgehead atoms. The van der Waals surface area contributed by atoms with E-state index < -0.39 is 5.79 Å². The molecule has 0 spiro atoms. The van der Waals surface area contributed by atoms with Crippen LogP contribution in [0.2, 0.25) is 5.02 Å². The summed E-state index contributed by atoms with van der Waals surface area (Å²) in [6, 6.07) is 17.7. The molecule has 1 aliphatic heterocycles. The summed E-state index contributed by atoms with van der Waals surface area (Å²) in [7, 11) is 0. The molecule has 2 atom stereocenters. The average molecular weight is 435 g/mol. The fraction of sp³-hybridized carbons (Fsp3) is 0.318. The summed E-state index contributed by atoms with van der Waals surface area (Å²) in [5.41, 5.74) is 1.20. The predicted octanol–water partition coefficient (Wildman–Crippen LogP) is 4.78. The summed E-state index contributed by atoms with van der Waals surface area (Å²) in [6.45, 7) is 1.54. The summed E-state index contributed by atoms with van der Waals surface area (Å²) in [5.74, 6) is 0.129. The zero-order chi connectivity index (χ0) is 19.2. The van der Waals surface area contributed by atoms with E-state index >= 15 is 0 Å². The maximum atomic E-state index is 6.37. The zero-order valence-electron chi connectivity index (χ0n) is 15.9. The standard InChI is InChI=1S/C22H23ClN2O3.ClH/c23-19-8-6-18(7-9-19)10-11-22(16-25-13-12-24-17-25)27-15-21(28-22)14-26-20-4-2-1-3-5-20;/h1-9,12-13,17,21H,10-11,14-16H2;1H/t21-,22+;/m0./s1. The zero-order valence-corrected chi connectivity index (χ0v) is 17.5. The van der Waals surface area contributed by atoms with Gasteiger partial charge in [0, 0.05) is 23.8 Å². The quantitative estimate of drug-likeness (QED) is 0.511. The van der Waals surface area contributed by atoms with Crippen LogP contribution in [0.1, 0.15) is 12.0 Å². The predicted molar refractivity (Wildman–Crippen MR) is 115 cm³/mol. The molecule has 0 saturated carbocycles. The number of rotatable bonds is 8. The molecule has 0 amide bonds. The normalized spacial score (nSPS) is 20.9. The fourth-order valence-corrected chi connectivity index (χ4v) is 3.47. The monoisotopic (exact) mass is 434 g/mol. The second-order valence-corrected chi connectivity index (χ2v) is 7.38.